The van der Waals surface area contributed by atoms with Gasteiger partial charge in [-0.15, -0.1) is 0 Å². The number of carbonyl (C=O) groups is 7. The van der Waals surface area contributed by atoms with E-state index in [1.54, 1.807) is 42.5 Å². The molecule has 0 radical (unpaired) electrons. The Labute approximate surface area is 355 Å². The summed E-state index contributed by atoms with van der Waals surface area (Å²) in [5, 5.41) is 0. The number of unbranched alkanes of at least 4 members (excludes halogenated alkanes) is 2. The molecule has 1 aliphatic carbocycles. The lowest BCUT2D eigenvalue weighted by atomic mass is 9.80. The molecule has 0 spiro atoms. The van der Waals surface area contributed by atoms with E-state index in [0.29, 0.717) is 22.8 Å². The topological polar surface area (TPSA) is 203 Å². The Balaban J connectivity index is 1.89. The second kappa shape index (κ2) is 24.8. The van der Waals surface area contributed by atoms with Gasteiger partial charge in [0, 0.05) is 11.1 Å². The first kappa shape index (κ1) is 49.2. The summed E-state index contributed by atoms with van der Waals surface area (Å²) in [6.07, 6.45) is 8.53. The van der Waals surface area contributed by atoms with E-state index in [0.717, 1.165) is 39.9 Å². The summed E-state index contributed by atoms with van der Waals surface area (Å²) >= 11 is 0. The number of carbonyl (C=O) groups excluding carboxylic acids is 7. The van der Waals surface area contributed by atoms with Crippen molar-refractivity contribution < 1.29 is 76.2 Å². The first-order chi connectivity index (χ1) is 29.1. The molecule has 0 aromatic heterocycles. The van der Waals surface area contributed by atoms with Crippen LogP contribution in [0.5, 0.6) is 17.2 Å². The average Bonchev–Trinajstić information content (AvgIpc) is 3.26. The molecule has 16 heteroatoms. The zero-order valence-electron chi connectivity index (χ0n) is 35.5. The van der Waals surface area contributed by atoms with E-state index in [4.69, 9.17) is 33.2 Å². The van der Waals surface area contributed by atoms with Crippen molar-refractivity contribution in [3.05, 3.63) is 66.8 Å². The maximum Gasteiger partial charge on any atom is 0.417 e. The van der Waals surface area contributed by atoms with E-state index in [9.17, 15) is 33.6 Å². The Morgan fingerprint density at radius 2 is 1.15 bits per heavy atom. The fourth-order valence-electron chi connectivity index (χ4n) is 6.16. The van der Waals surface area contributed by atoms with Crippen LogP contribution in [0.15, 0.2) is 66.8 Å². The van der Waals surface area contributed by atoms with Gasteiger partial charge in [-0.05, 0) is 80.8 Å². The molecule has 0 heterocycles. The summed E-state index contributed by atoms with van der Waals surface area (Å²) in [4.78, 5) is 86.0. The van der Waals surface area contributed by atoms with Crippen LogP contribution in [-0.4, -0.2) is 95.6 Å². The highest BCUT2D eigenvalue weighted by Gasteiger charge is 2.39. The minimum Gasteiger partial charge on any atom is -0.489 e. The Bertz CT molecular complexity index is 1840. The van der Waals surface area contributed by atoms with Crippen molar-refractivity contribution >= 4 is 41.8 Å². The summed E-state index contributed by atoms with van der Waals surface area (Å²) in [7, 11) is 1.92. The van der Waals surface area contributed by atoms with Crippen LogP contribution in [0.25, 0.3) is 11.1 Å². The molecule has 0 bridgehead atoms. The molecule has 0 saturated heterocycles. The number of hydrogen-bond acceptors (Lipinski definition) is 16. The molecule has 16 nitrogen and oxygen atoms in total. The SMILES string of the molecule is C=C(C)C(=O)OCCOc1cc(-c2ccc(OC(=O)C3CCC(CCCCC)CC3)cc2)ccc1OCC(COC(=O)C(=C)C)(COC(=O)C(=O)OC)COC(=O)C(=O)OC. The van der Waals surface area contributed by atoms with Gasteiger partial charge < -0.3 is 42.6 Å². The highest BCUT2D eigenvalue weighted by Crippen LogP contribution is 2.36. The number of esters is 7. The van der Waals surface area contributed by atoms with Gasteiger partial charge in [-0.3, -0.25) is 4.79 Å². The van der Waals surface area contributed by atoms with E-state index < -0.39 is 67.7 Å². The lowest BCUT2D eigenvalue weighted by molar-refractivity contribution is -0.177. The second-order valence-corrected chi connectivity index (χ2v) is 14.9. The zero-order valence-corrected chi connectivity index (χ0v) is 35.5. The largest absolute Gasteiger partial charge is 0.489 e. The summed E-state index contributed by atoms with van der Waals surface area (Å²) in [6.45, 7) is 9.20. The normalized spacial score (nSPS) is 14.6. The first-order valence-corrected chi connectivity index (χ1v) is 20.0. The molecule has 61 heavy (non-hydrogen) atoms. The van der Waals surface area contributed by atoms with E-state index in [1.165, 1.54) is 39.5 Å². The van der Waals surface area contributed by atoms with E-state index in [2.05, 4.69) is 29.6 Å². The molecule has 1 aliphatic rings. The molecule has 0 atom stereocenters. The Hall–Kier alpha value is -6.19. The van der Waals surface area contributed by atoms with Crippen LogP contribution >= 0.6 is 0 Å². The van der Waals surface area contributed by atoms with Crippen LogP contribution in [-0.2, 0) is 62.0 Å². The second-order valence-electron chi connectivity index (χ2n) is 14.9. The molecule has 332 valence electrons. The standard InChI is InChI=1S/C45H56O16/c1-8-9-10-11-31-12-14-33(15-13-31)40(48)61-35-19-16-32(17-20-35)34-18-21-36(37(24-34)55-22-23-56-38(46)29(2)3)57-25-45(26-58-39(47)30(4)5,27-59-43(51)41(49)53-6)28-60-44(52)42(50)54-7/h16-21,24,31,33H,2,4,8-15,22-23,25-28H2,1,3,5-7H3. The van der Waals surface area contributed by atoms with Gasteiger partial charge in [0.25, 0.3) is 0 Å². The quantitative estimate of drug-likeness (QED) is 0.0330. The maximum atomic E-state index is 13.0. The number of rotatable bonds is 22. The van der Waals surface area contributed by atoms with E-state index in [1.807, 2.05) is 0 Å². The predicted molar refractivity (Wildman–Crippen MR) is 218 cm³/mol. The highest BCUT2D eigenvalue weighted by molar-refractivity contribution is 6.30. The van der Waals surface area contributed by atoms with E-state index >= 15 is 0 Å². The molecule has 0 unspecified atom stereocenters. The van der Waals surface area contributed by atoms with E-state index in [-0.39, 0.29) is 47.7 Å². The maximum absolute atomic E-state index is 13.0. The van der Waals surface area contributed by atoms with Gasteiger partial charge in [0.05, 0.1) is 20.1 Å². The first-order valence-electron chi connectivity index (χ1n) is 20.0. The van der Waals surface area contributed by atoms with Crippen molar-refractivity contribution in [2.75, 3.05) is 53.9 Å². The Morgan fingerprint density at radius 1 is 0.607 bits per heavy atom. The molecule has 0 aliphatic heterocycles. The van der Waals surface area contributed by atoms with Crippen molar-refractivity contribution in [1.82, 2.24) is 0 Å². The number of hydrogen-bond donors (Lipinski definition) is 0. The third kappa shape index (κ3) is 16.1. The fourth-order valence-corrected chi connectivity index (χ4v) is 6.16. The molecule has 1 fully saturated rings. The molecular weight excluding hydrogens is 796 g/mol. The summed E-state index contributed by atoms with van der Waals surface area (Å²) in [6, 6.07) is 11.8. The molecular formula is C45H56O16. The average molecular weight is 853 g/mol. The van der Waals surface area contributed by atoms with Crippen molar-refractivity contribution in [3.8, 4) is 28.4 Å². The zero-order chi connectivity index (χ0) is 45.0. The predicted octanol–water partition coefficient (Wildman–Crippen LogP) is 6.06. The fraction of sp³-hybridized carbons (Fsp3) is 0.489. The van der Waals surface area contributed by atoms with Gasteiger partial charge in [0.2, 0.25) is 0 Å². The van der Waals surface area contributed by atoms with Gasteiger partial charge in [-0.1, -0.05) is 64.0 Å². The van der Waals surface area contributed by atoms with Crippen molar-refractivity contribution in [2.24, 2.45) is 17.3 Å². The third-order valence-corrected chi connectivity index (χ3v) is 9.78. The molecule has 3 rings (SSSR count). The molecule has 2 aromatic rings. The van der Waals surface area contributed by atoms with Crippen LogP contribution in [0.3, 0.4) is 0 Å². The summed E-state index contributed by atoms with van der Waals surface area (Å²) in [5.41, 5.74) is -0.209. The monoisotopic (exact) mass is 852 g/mol. The van der Waals surface area contributed by atoms with Crippen LogP contribution < -0.4 is 14.2 Å². The number of benzene rings is 2. The lowest BCUT2D eigenvalue weighted by Crippen LogP contribution is -2.45. The van der Waals surface area contributed by atoms with Crippen molar-refractivity contribution in [1.29, 1.82) is 0 Å². The number of methoxy groups -OCH3 is 2. The van der Waals surface area contributed by atoms with Gasteiger partial charge >= 0.3 is 41.8 Å². The van der Waals surface area contributed by atoms with Crippen molar-refractivity contribution in [3.63, 3.8) is 0 Å². The number of ether oxygens (including phenoxy) is 9. The minimum atomic E-state index is -1.76. The van der Waals surface area contributed by atoms with Gasteiger partial charge in [-0.2, -0.15) is 0 Å². The van der Waals surface area contributed by atoms with Crippen LogP contribution in [0.2, 0.25) is 0 Å². The minimum absolute atomic E-state index is 0.00755. The third-order valence-electron chi connectivity index (χ3n) is 9.78. The molecule has 0 amide bonds. The highest BCUT2D eigenvalue weighted by atomic mass is 16.6. The van der Waals surface area contributed by atoms with Crippen LogP contribution in [0.4, 0.5) is 0 Å². The van der Waals surface area contributed by atoms with Crippen LogP contribution in [0, 0.1) is 17.3 Å². The Morgan fingerprint density at radius 3 is 1.69 bits per heavy atom. The lowest BCUT2D eigenvalue weighted by Gasteiger charge is -2.32. The smallest absolute Gasteiger partial charge is 0.417 e. The molecule has 0 N–H and O–H groups in total. The van der Waals surface area contributed by atoms with Crippen LogP contribution in [0.1, 0.15) is 72.1 Å². The van der Waals surface area contributed by atoms with Gasteiger partial charge in [0.15, 0.2) is 11.5 Å². The van der Waals surface area contributed by atoms with Gasteiger partial charge in [-0.25, -0.2) is 28.8 Å². The molecule has 2 aromatic carbocycles. The molecule has 1 saturated carbocycles. The van der Waals surface area contributed by atoms with Crippen molar-refractivity contribution in [2.45, 2.75) is 72.1 Å². The summed E-state index contributed by atoms with van der Waals surface area (Å²) < 4.78 is 47.6. The van der Waals surface area contributed by atoms with Gasteiger partial charge in [0.1, 0.15) is 50.8 Å². The summed E-state index contributed by atoms with van der Waals surface area (Å²) in [5.74, 6) is -6.12. The Kier molecular flexibility index (Phi) is 20.0.